The summed E-state index contributed by atoms with van der Waals surface area (Å²) in [4.78, 5) is 73.0. The van der Waals surface area contributed by atoms with Gasteiger partial charge in [0.1, 0.15) is 19.3 Å². The Morgan fingerprint density at radius 1 is 0.269 bits per heavy atom. The Balaban J connectivity index is 5.47. The van der Waals surface area contributed by atoms with Gasteiger partial charge < -0.3 is 33.8 Å². The lowest BCUT2D eigenvalue weighted by Gasteiger charge is -2.21. The van der Waals surface area contributed by atoms with E-state index in [1.54, 1.807) is 0 Å². The van der Waals surface area contributed by atoms with Crippen molar-refractivity contribution in [2.75, 3.05) is 39.6 Å². The fourth-order valence-corrected chi connectivity index (χ4v) is 12.2. The fraction of sp³-hybridized carbons (Fsp3) is 0.718. The summed E-state index contributed by atoms with van der Waals surface area (Å²) in [6.07, 6.45) is 84.7. The van der Waals surface area contributed by atoms with E-state index in [0.29, 0.717) is 38.5 Å². The number of aliphatic hydroxyl groups is 1. The monoisotopic (exact) mass is 1500 g/mol. The number of aliphatic hydroxyl groups excluding tert-OH is 1. The summed E-state index contributed by atoms with van der Waals surface area (Å²) < 4.78 is 68.5. The molecule has 0 aliphatic carbocycles. The summed E-state index contributed by atoms with van der Waals surface area (Å²) in [5.41, 5.74) is 0. The van der Waals surface area contributed by atoms with Crippen LogP contribution in [0.25, 0.3) is 0 Å². The third-order valence-corrected chi connectivity index (χ3v) is 18.8. The van der Waals surface area contributed by atoms with E-state index in [1.807, 2.05) is 24.3 Å². The second kappa shape index (κ2) is 76.6. The third-order valence-electron chi connectivity index (χ3n) is 16.9. The second-order valence-corrected chi connectivity index (χ2v) is 29.9. The zero-order valence-electron chi connectivity index (χ0n) is 65.4. The van der Waals surface area contributed by atoms with Gasteiger partial charge in [-0.3, -0.25) is 37.3 Å². The number of esters is 4. The maximum Gasteiger partial charge on any atom is 0.472 e. The minimum atomic E-state index is -5.00. The van der Waals surface area contributed by atoms with Gasteiger partial charge in [0.25, 0.3) is 0 Å². The standard InChI is InChI=1S/C85H146O17P2/c1-5-9-13-17-21-25-29-33-37-39-43-47-51-55-59-63-67-71-84(89)101-80(75-95-82(87)69-65-61-57-53-49-45-41-35-31-27-23-19-15-11-7-3)77-99-103(91,92)97-73-79(86)74-98-104(93,94)100-78-81(76-96-83(88)70-66-62-58-54-50-46-42-36-32-28-24-20-16-12-8-4)102-85(90)72-68-64-60-56-52-48-44-40-38-34-30-26-22-18-14-10-6-2/h21-22,25-27,31,33-34,36-38,42-44,47-48,55-56,59-60,79-81,86H,5-20,23-24,28-30,32,35,39-41,45-46,49-54,57-58,61-78H2,1-4H3,(H,91,92)(H,93,94)/b25-21-,26-22-,31-27-,37-33-,38-34-,42-36-,47-43-,48-44-,59-55-,60-56-/t79-,80+,81+/m0/s1. The molecule has 0 saturated heterocycles. The third kappa shape index (κ3) is 75.7. The van der Waals surface area contributed by atoms with Crippen molar-refractivity contribution in [3.63, 3.8) is 0 Å². The van der Waals surface area contributed by atoms with Gasteiger partial charge in [-0.2, -0.15) is 0 Å². The molecule has 0 bridgehead atoms. The van der Waals surface area contributed by atoms with Crippen molar-refractivity contribution in [3.05, 3.63) is 122 Å². The van der Waals surface area contributed by atoms with Gasteiger partial charge in [-0.05, 0) is 154 Å². The van der Waals surface area contributed by atoms with E-state index >= 15 is 0 Å². The molecule has 2 unspecified atom stereocenters. The number of hydrogen-bond acceptors (Lipinski definition) is 15. The molecule has 3 N–H and O–H groups in total. The zero-order chi connectivity index (χ0) is 76.0. The van der Waals surface area contributed by atoms with Crippen molar-refractivity contribution in [3.8, 4) is 0 Å². The number of hydrogen-bond donors (Lipinski definition) is 3. The Labute approximate surface area is 632 Å². The van der Waals surface area contributed by atoms with Gasteiger partial charge in [0.15, 0.2) is 12.2 Å². The van der Waals surface area contributed by atoms with Crippen LogP contribution in [0.15, 0.2) is 122 Å². The fourth-order valence-electron chi connectivity index (χ4n) is 10.6. The van der Waals surface area contributed by atoms with Gasteiger partial charge in [-0.25, -0.2) is 9.13 Å². The van der Waals surface area contributed by atoms with Gasteiger partial charge in [-0.15, -0.1) is 0 Å². The summed E-state index contributed by atoms with van der Waals surface area (Å²) in [7, 11) is -10.00. The van der Waals surface area contributed by atoms with Crippen LogP contribution in [0.2, 0.25) is 0 Å². The molecule has 0 fully saturated rings. The van der Waals surface area contributed by atoms with Gasteiger partial charge in [0, 0.05) is 25.7 Å². The minimum absolute atomic E-state index is 0.0147. The molecule has 0 heterocycles. The first kappa shape index (κ1) is 99.5. The van der Waals surface area contributed by atoms with E-state index in [9.17, 15) is 43.2 Å². The van der Waals surface area contributed by atoms with Crippen LogP contribution >= 0.6 is 15.6 Å². The molecule has 0 aromatic carbocycles. The molecule has 104 heavy (non-hydrogen) atoms. The van der Waals surface area contributed by atoms with E-state index in [0.717, 1.165) is 128 Å². The number of carbonyl (C=O) groups excluding carboxylic acids is 4. The molecule has 0 aromatic rings. The lowest BCUT2D eigenvalue weighted by Crippen LogP contribution is -2.30. The first-order chi connectivity index (χ1) is 50.7. The summed E-state index contributed by atoms with van der Waals surface area (Å²) in [6, 6.07) is 0. The van der Waals surface area contributed by atoms with Gasteiger partial charge >= 0.3 is 39.5 Å². The molecule has 17 nitrogen and oxygen atoms in total. The van der Waals surface area contributed by atoms with Crippen LogP contribution in [-0.2, 0) is 65.4 Å². The largest absolute Gasteiger partial charge is 0.472 e. The average Bonchev–Trinajstić information content (AvgIpc) is 0.907. The van der Waals surface area contributed by atoms with Crippen LogP contribution in [0.5, 0.6) is 0 Å². The predicted octanol–water partition coefficient (Wildman–Crippen LogP) is 23.9. The molecule has 19 heteroatoms. The maximum absolute atomic E-state index is 13.1. The molecule has 0 amide bonds. The summed E-state index contributed by atoms with van der Waals surface area (Å²) in [5.74, 6) is -2.31. The van der Waals surface area contributed by atoms with Crippen molar-refractivity contribution in [1.82, 2.24) is 0 Å². The van der Waals surface area contributed by atoms with Crippen LogP contribution in [0.4, 0.5) is 0 Å². The highest BCUT2D eigenvalue weighted by Crippen LogP contribution is 2.45. The number of unbranched alkanes of at least 4 members (excludes halogenated alkanes) is 30. The topological polar surface area (TPSA) is 237 Å². The van der Waals surface area contributed by atoms with Crippen LogP contribution < -0.4 is 0 Å². The second-order valence-electron chi connectivity index (χ2n) is 27.0. The highest BCUT2D eigenvalue weighted by atomic mass is 31.2. The number of carbonyl (C=O) groups is 4. The van der Waals surface area contributed by atoms with E-state index < -0.39 is 97.5 Å². The molecule has 598 valence electrons. The SMILES string of the molecule is CCCCC/C=C\C/C=C\C/C=C\C/C=C\CCCC(=O)O[C@H](COC(=O)CCCCCCC/C=C\CCCCCCCC)COP(=O)(O)OC[C@@H](O)COP(=O)(O)OC[C@@H](COC(=O)CCCCCCCCC/C=C\CCCCCC)OC(=O)CCC/C=C\C/C=C\C/C=C\C/C=C\CCCCC. The lowest BCUT2D eigenvalue weighted by atomic mass is 10.1. The maximum atomic E-state index is 13.1. The van der Waals surface area contributed by atoms with E-state index in [1.165, 1.54) is 116 Å². The average molecular weight is 1500 g/mol. The molecule has 0 saturated carbocycles. The highest BCUT2D eigenvalue weighted by molar-refractivity contribution is 7.47. The summed E-state index contributed by atoms with van der Waals surface area (Å²) >= 11 is 0. The van der Waals surface area contributed by atoms with Crippen molar-refractivity contribution >= 4 is 39.5 Å². The van der Waals surface area contributed by atoms with E-state index in [-0.39, 0.29) is 25.7 Å². The number of phosphoric ester groups is 2. The summed E-state index contributed by atoms with van der Waals surface area (Å²) in [6.45, 7) is 4.69. The Bertz CT molecular complexity index is 2440. The molecule has 0 aromatic heterocycles. The van der Waals surface area contributed by atoms with Crippen LogP contribution in [0, 0.1) is 0 Å². The van der Waals surface area contributed by atoms with Crippen LogP contribution in [-0.4, -0.2) is 96.7 Å². The quantitative estimate of drug-likeness (QED) is 0.0169. The number of allylic oxidation sites excluding steroid dienone is 20. The molecule has 5 atom stereocenters. The first-order valence-corrected chi connectivity index (χ1v) is 43.8. The van der Waals surface area contributed by atoms with Gasteiger partial charge in [0.2, 0.25) is 0 Å². The number of rotatable bonds is 76. The molecular formula is C85H146O17P2. The van der Waals surface area contributed by atoms with Crippen LogP contribution in [0.1, 0.15) is 336 Å². The van der Waals surface area contributed by atoms with Crippen molar-refractivity contribution in [2.24, 2.45) is 0 Å². The lowest BCUT2D eigenvalue weighted by molar-refractivity contribution is -0.161. The molecule has 0 aliphatic heterocycles. The Hall–Kier alpha value is -4.54. The molecule has 0 spiro atoms. The summed E-state index contributed by atoms with van der Waals surface area (Å²) in [5, 5.41) is 10.6. The van der Waals surface area contributed by atoms with Gasteiger partial charge in [-0.1, -0.05) is 278 Å². The van der Waals surface area contributed by atoms with E-state index in [4.69, 9.17) is 37.0 Å². The zero-order valence-corrected chi connectivity index (χ0v) is 67.2. The van der Waals surface area contributed by atoms with Crippen LogP contribution in [0.3, 0.4) is 0 Å². The Kier molecular flexibility index (Phi) is 73.3. The number of ether oxygens (including phenoxy) is 4. The number of phosphoric acid groups is 2. The Morgan fingerprint density at radius 2 is 0.481 bits per heavy atom. The minimum Gasteiger partial charge on any atom is -0.462 e. The molecular weight excluding hydrogens is 1350 g/mol. The van der Waals surface area contributed by atoms with Crippen molar-refractivity contribution in [1.29, 1.82) is 0 Å². The Morgan fingerprint density at radius 3 is 0.788 bits per heavy atom. The smallest absolute Gasteiger partial charge is 0.462 e. The first-order valence-electron chi connectivity index (χ1n) is 40.8. The molecule has 0 radical (unpaired) electrons. The molecule has 0 aliphatic rings. The highest BCUT2D eigenvalue weighted by Gasteiger charge is 2.30. The van der Waals surface area contributed by atoms with Crippen molar-refractivity contribution in [2.45, 2.75) is 354 Å². The van der Waals surface area contributed by atoms with Gasteiger partial charge in [0.05, 0.1) is 26.4 Å². The van der Waals surface area contributed by atoms with E-state index in [2.05, 4.69) is 125 Å². The van der Waals surface area contributed by atoms with Crippen molar-refractivity contribution < 1.29 is 80.2 Å². The normalized spacial score (nSPS) is 14.5. The predicted molar refractivity (Wildman–Crippen MR) is 427 cm³/mol. The molecule has 0 rings (SSSR count).